The number of aliphatic carboxylic acids is 1. The average Bonchev–Trinajstić information content (AvgIpc) is 2.28. The lowest BCUT2D eigenvalue weighted by molar-refractivity contribution is -0.137. The van der Waals surface area contributed by atoms with Crippen molar-refractivity contribution in [1.29, 1.82) is 0 Å². The molecule has 0 aromatic rings. The summed E-state index contributed by atoms with van der Waals surface area (Å²) in [5.74, 6) is -1.84. The molecule has 0 aliphatic rings. The third-order valence-corrected chi connectivity index (χ3v) is 2.92. The number of hydrogen-bond acceptors (Lipinski definition) is 5. The SMILES string of the molecule is CC(C)(CNC(=O)NCC(=O)NCC(=O)O)NS(C)(=O)=O. The molecule has 5 N–H and O–H groups in total. The number of rotatable bonds is 8. The normalized spacial score (nSPS) is 11.6. The Balaban J connectivity index is 4.05. The van der Waals surface area contributed by atoms with Crippen molar-refractivity contribution < 1.29 is 27.9 Å². The van der Waals surface area contributed by atoms with Crippen LogP contribution in [0.4, 0.5) is 4.79 Å². The minimum absolute atomic E-state index is 0.00263. The molecule has 0 aromatic carbocycles. The second kappa shape index (κ2) is 7.78. The van der Waals surface area contributed by atoms with Crippen molar-refractivity contribution in [2.75, 3.05) is 25.9 Å². The van der Waals surface area contributed by atoms with Gasteiger partial charge in [-0.2, -0.15) is 0 Å². The Morgan fingerprint density at radius 2 is 1.62 bits per heavy atom. The predicted octanol–water partition coefficient (Wildman–Crippen LogP) is -2.19. The van der Waals surface area contributed by atoms with Crippen molar-refractivity contribution in [1.82, 2.24) is 20.7 Å². The van der Waals surface area contributed by atoms with Gasteiger partial charge in [0.2, 0.25) is 15.9 Å². The van der Waals surface area contributed by atoms with Crippen molar-refractivity contribution >= 4 is 27.9 Å². The Kier molecular flexibility index (Phi) is 7.09. The second-order valence-electron chi connectivity index (χ2n) is 4.96. The van der Waals surface area contributed by atoms with Gasteiger partial charge in [0.1, 0.15) is 6.54 Å². The van der Waals surface area contributed by atoms with Crippen LogP contribution in [0.1, 0.15) is 13.8 Å². The van der Waals surface area contributed by atoms with Gasteiger partial charge in [-0.3, -0.25) is 9.59 Å². The molecule has 0 aromatic heterocycles. The van der Waals surface area contributed by atoms with E-state index in [1.54, 1.807) is 13.8 Å². The summed E-state index contributed by atoms with van der Waals surface area (Å²) in [5, 5.41) is 15.0. The lowest BCUT2D eigenvalue weighted by Crippen LogP contribution is -2.53. The van der Waals surface area contributed by atoms with Gasteiger partial charge < -0.3 is 21.1 Å². The zero-order valence-electron chi connectivity index (χ0n) is 12.0. The first-order valence-corrected chi connectivity index (χ1v) is 7.79. The Labute approximate surface area is 122 Å². The summed E-state index contributed by atoms with van der Waals surface area (Å²) in [6, 6.07) is -0.677. The highest BCUT2D eigenvalue weighted by Crippen LogP contribution is 2.01. The third-order valence-electron chi connectivity index (χ3n) is 2.00. The van der Waals surface area contributed by atoms with Crippen LogP contribution in [0.5, 0.6) is 0 Å². The molecule has 10 nitrogen and oxygen atoms in total. The van der Waals surface area contributed by atoms with E-state index in [4.69, 9.17) is 5.11 Å². The molecular weight excluding hydrogens is 304 g/mol. The summed E-state index contributed by atoms with van der Waals surface area (Å²) < 4.78 is 24.5. The van der Waals surface area contributed by atoms with E-state index >= 15 is 0 Å². The zero-order chi connectivity index (χ0) is 16.7. The maximum atomic E-state index is 11.4. The molecule has 0 heterocycles. The largest absolute Gasteiger partial charge is 0.480 e. The number of nitrogens with one attached hydrogen (secondary N) is 4. The Morgan fingerprint density at radius 3 is 2.10 bits per heavy atom. The van der Waals surface area contributed by atoms with E-state index in [0.29, 0.717) is 0 Å². The highest BCUT2D eigenvalue weighted by molar-refractivity contribution is 7.88. The molecule has 0 saturated heterocycles. The molecule has 0 saturated carbocycles. The van der Waals surface area contributed by atoms with E-state index < -0.39 is 40.0 Å². The molecule has 3 amide bonds. The van der Waals surface area contributed by atoms with Crippen molar-refractivity contribution in [2.24, 2.45) is 0 Å². The minimum Gasteiger partial charge on any atom is -0.480 e. The molecule has 0 bridgehead atoms. The fourth-order valence-corrected chi connectivity index (χ4v) is 2.37. The van der Waals surface area contributed by atoms with E-state index in [1.807, 2.05) is 0 Å². The molecule has 0 spiro atoms. The van der Waals surface area contributed by atoms with Crippen LogP contribution in [-0.4, -0.2) is 62.9 Å². The van der Waals surface area contributed by atoms with Crippen LogP contribution in [0.15, 0.2) is 0 Å². The Hall–Kier alpha value is -1.88. The molecule has 0 unspecified atom stereocenters. The lowest BCUT2D eigenvalue weighted by atomic mass is 10.1. The van der Waals surface area contributed by atoms with Gasteiger partial charge in [0.15, 0.2) is 0 Å². The first kappa shape index (κ1) is 19.1. The van der Waals surface area contributed by atoms with E-state index in [9.17, 15) is 22.8 Å². The van der Waals surface area contributed by atoms with Gasteiger partial charge in [-0.1, -0.05) is 0 Å². The fraction of sp³-hybridized carbons (Fsp3) is 0.700. The molecule has 21 heavy (non-hydrogen) atoms. The summed E-state index contributed by atoms with van der Waals surface area (Å²) >= 11 is 0. The second-order valence-corrected chi connectivity index (χ2v) is 6.71. The summed E-state index contributed by atoms with van der Waals surface area (Å²) in [7, 11) is -3.41. The molecule has 0 aliphatic carbocycles. The minimum atomic E-state index is -3.41. The van der Waals surface area contributed by atoms with Gasteiger partial charge >= 0.3 is 12.0 Å². The number of carbonyl (C=O) groups is 3. The summed E-state index contributed by atoms with van der Waals surface area (Å²) in [4.78, 5) is 32.7. The zero-order valence-corrected chi connectivity index (χ0v) is 12.8. The number of carboxylic acids is 1. The van der Waals surface area contributed by atoms with Gasteiger partial charge in [0.25, 0.3) is 0 Å². The van der Waals surface area contributed by atoms with E-state index in [1.165, 1.54) is 0 Å². The Morgan fingerprint density at radius 1 is 1.05 bits per heavy atom. The highest BCUT2D eigenvalue weighted by Gasteiger charge is 2.22. The first-order valence-electron chi connectivity index (χ1n) is 5.90. The summed E-state index contributed by atoms with van der Waals surface area (Å²) in [6.45, 7) is 2.23. The molecule has 0 fully saturated rings. The van der Waals surface area contributed by atoms with Gasteiger partial charge in [-0.15, -0.1) is 0 Å². The number of hydrogen-bond donors (Lipinski definition) is 5. The van der Waals surface area contributed by atoms with Crippen LogP contribution < -0.4 is 20.7 Å². The van der Waals surface area contributed by atoms with Gasteiger partial charge in [0.05, 0.1) is 12.8 Å². The average molecular weight is 324 g/mol. The molecule has 0 aliphatic heterocycles. The molecule has 0 rings (SSSR count). The quantitative estimate of drug-likeness (QED) is 0.342. The standard InChI is InChI=1S/C10H20N4O6S/c1-10(2,14-21(3,19)20)6-13-9(18)12-4-7(15)11-5-8(16)17/h14H,4-6H2,1-3H3,(H,11,15)(H,16,17)(H2,12,13,18). The van der Waals surface area contributed by atoms with Gasteiger partial charge in [-0.05, 0) is 13.8 Å². The van der Waals surface area contributed by atoms with E-state index in [0.717, 1.165) is 6.26 Å². The van der Waals surface area contributed by atoms with Crippen molar-refractivity contribution in [2.45, 2.75) is 19.4 Å². The number of urea groups is 1. The lowest BCUT2D eigenvalue weighted by Gasteiger charge is -2.25. The fourth-order valence-electron chi connectivity index (χ4n) is 1.30. The monoisotopic (exact) mass is 324 g/mol. The number of sulfonamides is 1. The van der Waals surface area contributed by atoms with E-state index in [2.05, 4.69) is 20.7 Å². The summed E-state index contributed by atoms with van der Waals surface area (Å²) in [6.07, 6.45) is 1.00. The molecule has 11 heteroatoms. The van der Waals surface area contributed by atoms with Crippen molar-refractivity contribution in [3.05, 3.63) is 0 Å². The topological polar surface area (TPSA) is 154 Å². The van der Waals surface area contributed by atoms with Crippen LogP contribution in [0.25, 0.3) is 0 Å². The predicted molar refractivity (Wildman–Crippen MR) is 74.1 cm³/mol. The third kappa shape index (κ3) is 11.6. The highest BCUT2D eigenvalue weighted by atomic mass is 32.2. The van der Waals surface area contributed by atoms with E-state index in [-0.39, 0.29) is 13.1 Å². The maximum Gasteiger partial charge on any atom is 0.322 e. The smallest absolute Gasteiger partial charge is 0.322 e. The van der Waals surface area contributed by atoms with Crippen LogP contribution >= 0.6 is 0 Å². The number of amides is 3. The van der Waals surface area contributed by atoms with Crippen LogP contribution in [0.2, 0.25) is 0 Å². The van der Waals surface area contributed by atoms with Crippen molar-refractivity contribution in [3.63, 3.8) is 0 Å². The van der Waals surface area contributed by atoms with Crippen LogP contribution in [-0.2, 0) is 19.6 Å². The first-order chi connectivity index (χ1) is 9.41. The van der Waals surface area contributed by atoms with Gasteiger partial charge in [0, 0.05) is 12.1 Å². The maximum absolute atomic E-state index is 11.4. The summed E-state index contributed by atoms with van der Waals surface area (Å²) in [5.41, 5.74) is -0.892. The molecular formula is C10H20N4O6S. The number of carbonyl (C=O) groups excluding carboxylic acids is 2. The molecule has 0 radical (unpaired) electrons. The van der Waals surface area contributed by atoms with Crippen molar-refractivity contribution in [3.8, 4) is 0 Å². The van der Waals surface area contributed by atoms with Crippen LogP contribution in [0.3, 0.4) is 0 Å². The van der Waals surface area contributed by atoms with Crippen LogP contribution in [0, 0.1) is 0 Å². The number of carboxylic acid groups (broad SMARTS) is 1. The van der Waals surface area contributed by atoms with Gasteiger partial charge in [-0.25, -0.2) is 17.9 Å². The molecule has 0 atom stereocenters. The Bertz CT molecular complexity index is 502. The molecule has 122 valence electrons.